The van der Waals surface area contributed by atoms with Crippen LogP contribution in [-0.2, 0) is 9.53 Å². The Kier molecular flexibility index (Phi) is 1.83. The predicted octanol–water partition coefficient (Wildman–Crippen LogP) is 0.709. The third-order valence-electron chi connectivity index (χ3n) is 3.12. The summed E-state index contributed by atoms with van der Waals surface area (Å²) in [7, 11) is 0. The zero-order chi connectivity index (χ0) is 8.72. The number of hydrogen-bond acceptors (Lipinski definition) is 3. The lowest BCUT2D eigenvalue weighted by molar-refractivity contribution is -0.147. The van der Waals surface area contributed by atoms with Crippen LogP contribution in [0.5, 0.6) is 0 Å². The zero-order valence-electron chi connectivity index (χ0n) is 7.19. The van der Waals surface area contributed by atoms with Crippen LogP contribution in [0.3, 0.4) is 0 Å². The highest BCUT2D eigenvalue weighted by molar-refractivity contribution is 5.72. The Morgan fingerprint density at radius 1 is 1.50 bits per heavy atom. The summed E-state index contributed by atoms with van der Waals surface area (Å²) in [6, 6.07) is 0. The molecule has 0 amide bonds. The molecule has 1 saturated heterocycles. The van der Waals surface area contributed by atoms with E-state index in [0.29, 0.717) is 12.3 Å². The van der Waals surface area contributed by atoms with E-state index in [9.17, 15) is 9.90 Å². The van der Waals surface area contributed by atoms with Gasteiger partial charge in [0.05, 0.1) is 12.5 Å². The number of aliphatic hydroxyl groups excluding tert-OH is 1. The molecule has 12 heavy (non-hydrogen) atoms. The number of carbonyl (C=O) groups excluding carboxylic acids is 1. The van der Waals surface area contributed by atoms with E-state index >= 15 is 0 Å². The summed E-state index contributed by atoms with van der Waals surface area (Å²) < 4.78 is 5.06. The topological polar surface area (TPSA) is 46.5 Å². The Labute approximate surface area is 71.7 Å². The highest BCUT2D eigenvalue weighted by atomic mass is 16.6. The van der Waals surface area contributed by atoms with Gasteiger partial charge in [-0.1, -0.05) is 6.92 Å². The molecule has 3 nitrogen and oxygen atoms in total. The first kappa shape index (κ1) is 8.05. The number of aliphatic hydroxyl groups is 1. The molecular formula is C9H14O3. The van der Waals surface area contributed by atoms with Gasteiger partial charge in [-0.3, -0.25) is 4.79 Å². The van der Waals surface area contributed by atoms with Crippen molar-refractivity contribution in [3.05, 3.63) is 0 Å². The van der Waals surface area contributed by atoms with Crippen LogP contribution >= 0.6 is 0 Å². The van der Waals surface area contributed by atoms with E-state index in [-0.39, 0.29) is 18.0 Å². The number of rotatable bonds is 0. The molecule has 1 saturated carbocycles. The third kappa shape index (κ3) is 1.12. The molecule has 2 aliphatic rings. The predicted molar refractivity (Wildman–Crippen MR) is 42.4 cm³/mol. The van der Waals surface area contributed by atoms with Crippen molar-refractivity contribution >= 4 is 5.97 Å². The summed E-state index contributed by atoms with van der Waals surface area (Å²) in [5.74, 6) is 0.642. The molecule has 1 aliphatic carbocycles. The Balaban J connectivity index is 2.14. The van der Waals surface area contributed by atoms with Gasteiger partial charge in [0.1, 0.15) is 6.10 Å². The van der Waals surface area contributed by atoms with Crippen molar-refractivity contribution < 1.29 is 14.6 Å². The summed E-state index contributed by atoms with van der Waals surface area (Å²) >= 11 is 0. The van der Waals surface area contributed by atoms with E-state index in [4.69, 9.17) is 4.74 Å². The summed E-state index contributed by atoms with van der Waals surface area (Å²) in [6.07, 6.45) is 1.66. The Hall–Kier alpha value is -0.570. The lowest BCUT2D eigenvalue weighted by atomic mass is 9.76. The van der Waals surface area contributed by atoms with Gasteiger partial charge in [0.25, 0.3) is 0 Å². The number of fused-ring (bicyclic) bond motifs is 1. The minimum absolute atomic E-state index is 0.141. The molecule has 0 radical (unpaired) electrons. The van der Waals surface area contributed by atoms with Crippen molar-refractivity contribution in [2.45, 2.75) is 38.4 Å². The molecule has 2 rings (SSSR count). The number of ether oxygens (including phenoxy) is 1. The van der Waals surface area contributed by atoms with Gasteiger partial charge in [0, 0.05) is 5.92 Å². The SMILES string of the molecule is CC1CCC(O)C2OC(=O)CC12. The second-order valence-corrected chi connectivity index (χ2v) is 3.94. The normalized spacial score (nSPS) is 47.0. The van der Waals surface area contributed by atoms with E-state index < -0.39 is 6.10 Å². The van der Waals surface area contributed by atoms with Gasteiger partial charge in [-0.15, -0.1) is 0 Å². The molecule has 0 aromatic rings. The quantitative estimate of drug-likeness (QED) is 0.544. The van der Waals surface area contributed by atoms with Crippen molar-refractivity contribution in [2.24, 2.45) is 11.8 Å². The number of hydrogen-bond donors (Lipinski definition) is 1. The zero-order valence-corrected chi connectivity index (χ0v) is 7.19. The van der Waals surface area contributed by atoms with E-state index in [1.54, 1.807) is 0 Å². The maximum absolute atomic E-state index is 11.0. The maximum Gasteiger partial charge on any atom is 0.306 e. The first-order valence-corrected chi connectivity index (χ1v) is 4.56. The van der Waals surface area contributed by atoms with Gasteiger partial charge in [0.15, 0.2) is 0 Å². The molecule has 0 aromatic heterocycles. The molecule has 0 spiro atoms. The smallest absolute Gasteiger partial charge is 0.306 e. The lowest BCUT2D eigenvalue weighted by Gasteiger charge is -2.32. The fourth-order valence-electron chi connectivity index (χ4n) is 2.30. The highest BCUT2D eigenvalue weighted by Crippen LogP contribution is 2.38. The van der Waals surface area contributed by atoms with Crippen LogP contribution in [-0.4, -0.2) is 23.3 Å². The lowest BCUT2D eigenvalue weighted by Crippen LogP contribution is -2.39. The minimum Gasteiger partial charge on any atom is -0.459 e. The second kappa shape index (κ2) is 2.73. The average Bonchev–Trinajstić information content (AvgIpc) is 2.41. The summed E-state index contributed by atoms with van der Waals surface area (Å²) in [4.78, 5) is 11.0. The summed E-state index contributed by atoms with van der Waals surface area (Å²) in [5.41, 5.74) is 0. The summed E-state index contributed by atoms with van der Waals surface area (Å²) in [5, 5.41) is 9.54. The van der Waals surface area contributed by atoms with Gasteiger partial charge >= 0.3 is 5.97 Å². The molecule has 4 atom stereocenters. The monoisotopic (exact) mass is 170 g/mol. The molecule has 1 N–H and O–H groups in total. The first-order valence-electron chi connectivity index (χ1n) is 4.56. The van der Waals surface area contributed by atoms with Crippen LogP contribution in [0.2, 0.25) is 0 Å². The fourth-order valence-corrected chi connectivity index (χ4v) is 2.30. The van der Waals surface area contributed by atoms with Crippen LogP contribution < -0.4 is 0 Å². The van der Waals surface area contributed by atoms with Gasteiger partial charge in [-0.2, -0.15) is 0 Å². The standard InChI is InChI=1S/C9H14O3/c1-5-2-3-7(10)9-6(5)4-8(11)12-9/h5-7,9-10H,2-4H2,1H3. The van der Waals surface area contributed by atoms with Crippen LogP contribution in [0.4, 0.5) is 0 Å². The van der Waals surface area contributed by atoms with Crippen molar-refractivity contribution in [2.75, 3.05) is 0 Å². The van der Waals surface area contributed by atoms with Crippen LogP contribution in [0, 0.1) is 11.8 Å². The van der Waals surface area contributed by atoms with Gasteiger partial charge in [0.2, 0.25) is 0 Å². The number of esters is 1. The van der Waals surface area contributed by atoms with E-state index in [2.05, 4.69) is 6.92 Å². The van der Waals surface area contributed by atoms with Crippen molar-refractivity contribution in [3.63, 3.8) is 0 Å². The molecule has 2 fully saturated rings. The van der Waals surface area contributed by atoms with Gasteiger partial charge in [-0.05, 0) is 18.8 Å². The molecule has 1 heterocycles. The first-order chi connectivity index (χ1) is 5.68. The van der Waals surface area contributed by atoms with Crippen molar-refractivity contribution in [1.82, 2.24) is 0 Å². The molecule has 1 aliphatic heterocycles. The molecule has 68 valence electrons. The summed E-state index contributed by atoms with van der Waals surface area (Å²) in [6.45, 7) is 2.13. The van der Waals surface area contributed by atoms with E-state index in [1.165, 1.54) is 0 Å². The minimum atomic E-state index is -0.419. The van der Waals surface area contributed by atoms with Crippen LogP contribution in [0.25, 0.3) is 0 Å². The number of carbonyl (C=O) groups is 1. The molecule has 3 heteroatoms. The fraction of sp³-hybridized carbons (Fsp3) is 0.889. The molecule has 4 unspecified atom stereocenters. The Morgan fingerprint density at radius 3 is 2.92 bits per heavy atom. The Bertz CT molecular complexity index is 182. The second-order valence-electron chi connectivity index (χ2n) is 3.94. The molecule has 0 aromatic carbocycles. The van der Waals surface area contributed by atoms with Gasteiger partial charge in [-0.25, -0.2) is 0 Å². The van der Waals surface area contributed by atoms with Crippen molar-refractivity contribution in [1.29, 1.82) is 0 Å². The van der Waals surface area contributed by atoms with Crippen LogP contribution in [0.15, 0.2) is 0 Å². The largest absolute Gasteiger partial charge is 0.459 e. The van der Waals surface area contributed by atoms with E-state index in [1.807, 2.05) is 0 Å². The highest BCUT2D eigenvalue weighted by Gasteiger charge is 2.45. The van der Waals surface area contributed by atoms with E-state index in [0.717, 1.165) is 12.8 Å². The van der Waals surface area contributed by atoms with Gasteiger partial charge < -0.3 is 9.84 Å². The Morgan fingerprint density at radius 2 is 2.25 bits per heavy atom. The maximum atomic E-state index is 11.0. The molecular weight excluding hydrogens is 156 g/mol. The average molecular weight is 170 g/mol. The van der Waals surface area contributed by atoms with Crippen molar-refractivity contribution in [3.8, 4) is 0 Å². The third-order valence-corrected chi connectivity index (χ3v) is 3.12. The van der Waals surface area contributed by atoms with Crippen LogP contribution in [0.1, 0.15) is 26.2 Å². The molecule has 0 bridgehead atoms.